The first-order valence-electron chi connectivity index (χ1n) is 8.31. The lowest BCUT2D eigenvalue weighted by Crippen LogP contribution is -2.23. The third-order valence-corrected chi connectivity index (χ3v) is 5.71. The number of ether oxygens (including phenoxy) is 1. The fourth-order valence-corrected chi connectivity index (χ4v) is 3.56. The maximum absolute atomic E-state index is 12.8. The lowest BCUT2D eigenvalue weighted by molar-refractivity contribution is -0.0435. The van der Waals surface area contributed by atoms with Crippen LogP contribution in [0, 0.1) is 0 Å². The van der Waals surface area contributed by atoms with Gasteiger partial charge in [-0.25, -0.2) is 13.4 Å². The van der Waals surface area contributed by atoms with E-state index in [0.29, 0.717) is 17.9 Å². The minimum Gasteiger partial charge on any atom is -0.497 e. The van der Waals surface area contributed by atoms with Crippen LogP contribution < -0.4 is 4.74 Å². The Morgan fingerprint density at radius 2 is 1.79 bits per heavy atom. The number of halogens is 3. The molecule has 2 aromatic carbocycles. The molecule has 9 heteroatoms. The van der Waals surface area contributed by atoms with E-state index in [4.69, 9.17) is 4.74 Å². The van der Waals surface area contributed by atoms with Gasteiger partial charge < -0.3 is 9.30 Å². The topological polar surface area (TPSA) is 61.2 Å². The standard InChI is InChI=1S/C19H17F3N2O3S/c1-3-24-17-10-9-15(28(25,26)19(20,21)22)12-16(17)23-18(24)11-6-13-4-7-14(27-2)8-5-13/h4-12H,3H2,1-2H3/b11-6+. The molecule has 0 unspecified atom stereocenters. The Morgan fingerprint density at radius 1 is 1.11 bits per heavy atom. The highest BCUT2D eigenvalue weighted by atomic mass is 32.2. The summed E-state index contributed by atoms with van der Waals surface area (Å²) in [6.45, 7) is 2.39. The summed E-state index contributed by atoms with van der Waals surface area (Å²) < 4.78 is 68.6. The van der Waals surface area contributed by atoms with Crippen LogP contribution in [0.3, 0.4) is 0 Å². The third kappa shape index (κ3) is 3.62. The van der Waals surface area contributed by atoms with Crippen molar-refractivity contribution >= 4 is 33.0 Å². The van der Waals surface area contributed by atoms with Gasteiger partial charge in [0, 0.05) is 6.54 Å². The molecule has 0 aliphatic carbocycles. The molecule has 0 spiro atoms. The molecule has 0 amide bonds. The molecule has 5 nitrogen and oxygen atoms in total. The van der Waals surface area contributed by atoms with Crippen LogP contribution in [0.5, 0.6) is 5.75 Å². The normalized spacial score (nSPS) is 12.8. The van der Waals surface area contributed by atoms with Crippen LogP contribution in [-0.4, -0.2) is 30.6 Å². The van der Waals surface area contributed by atoms with Crippen molar-refractivity contribution in [2.45, 2.75) is 23.9 Å². The number of fused-ring (bicyclic) bond motifs is 1. The van der Waals surface area contributed by atoms with Crippen molar-refractivity contribution in [2.75, 3.05) is 7.11 Å². The van der Waals surface area contributed by atoms with Gasteiger partial charge >= 0.3 is 5.51 Å². The summed E-state index contributed by atoms with van der Waals surface area (Å²) in [5.74, 6) is 1.23. The number of aryl methyl sites for hydroxylation is 1. The second-order valence-electron chi connectivity index (χ2n) is 5.92. The van der Waals surface area contributed by atoms with Gasteiger partial charge in [0.05, 0.1) is 23.0 Å². The molecular formula is C19H17F3N2O3S. The number of aromatic nitrogens is 2. The first kappa shape index (κ1) is 19.9. The highest BCUT2D eigenvalue weighted by Gasteiger charge is 2.47. The smallest absolute Gasteiger partial charge is 0.497 e. The molecule has 0 bridgehead atoms. The Labute approximate surface area is 160 Å². The predicted molar refractivity (Wildman–Crippen MR) is 101 cm³/mol. The minimum absolute atomic E-state index is 0.182. The summed E-state index contributed by atoms with van der Waals surface area (Å²) in [5, 5.41) is 0. The first-order valence-corrected chi connectivity index (χ1v) is 9.79. The lowest BCUT2D eigenvalue weighted by Gasteiger charge is -2.08. The van der Waals surface area contributed by atoms with E-state index in [1.807, 2.05) is 19.1 Å². The van der Waals surface area contributed by atoms with Crippen LogP contribution in [0.2, 0.25) is 0 Å². The number of imidazole rings is 1. The summed E-state index contributed by atoms with van der Waals surface area (Å²) in [7, 11) is -3.85. The van der Waals surface area contributed by atoms with Gasteiger partial charge in [0.15, 0.2) is 0 Å². The maximum Gasteiger partial charge on any atom is 0.501 e. The zero-order valence-electron chi connectivity index (χ0n) is 15.1. The number of hydrogen-bond acceptors (Lipinski definition) is 4. The van der Waals surface area contributed by atoms with E-state index in [0.717, 1.165) is 23.4 Å². The predicted octanol–water partition coefficient (Wildman–Crippen LogP) is 4.53. The van der Waals surface area contributed by atoms with Crippen LogP contribution >= 0.6 is 0 Å². The van der Waals surface area contributed by atoms with E-state index in [1.54, 1.807) is 36.0 Å². The quantitative estimate of drug-likeness (QED) is 0.620. The van der Waals surface area contributed by atoms with Gasteiger partial charge in [0.1, 0.15) is 11.6 Å². The average molecular weight is 410 g/mol. The van der Waals surface area contributed by atoms with Gasteiger partial charge in [-0.3, -0.25) is 0 Å². The number of sulfone groups is 1. The monoisotopic (exact) mass is 410 g/mol. The molecular weight excluding hydrogens is 393 g/mol. The molecule has 3 aromatic rings. The minimum atomic E-state index is -5.42. The summed E-state index contributed by atoms with van der Waals surface area (Å²) in [4.78, 5) is 3.49. The van der Waals surface area contributed by atoms with Gasteiger partial charge in [-0.15, -0.1) is 0 Å². The van der Waals surface area contributed by atoms with Crippen LogP contribution in [0.15, 0.2) is 47.4 Å². The van der Waals surface area contributed by atoms with Gasteiger partial charge in [0.2, 0.25) is 0 Å². The van der Waals surface area contributed by atoms with Gasteiger partial charge in [-0.1, -0.05) is 18.2 Å². The first-order chi connectivity index (χ1) is 13.2. The Balaban J connectivity index is 2.02. The molecule has 28 heavy (non-hydrogen) atoms. The molecule has 0 saturated carbocycles. The molecule has 0 aliphatic heterocycles. The fourth-order valence-electron chi connectivity index (χ4n) is 2.77. The Hall–Kier alpha value is -2.81. The molecule has 1 heterocycles. The number of benzene rings is 2. The van der Waals surface area contributed by atoms with Crippen molar-refractivity contribution in [2.24, 2.45) is 0 Å². The van der Waals surface area contributed by atoms with Crippen molar-refractivity contribution in [1.29, 1.82) is 0 Å². The second-order valence-corrected chi connectivity index (χ2v) is 7.86. The molecule has 148 valence electrons. The lowest BCUT2D eigenvalue weighted by atomic mass is 10.2. The molecule has 0 aliphatic rings. The molecule has 0 saturated heterocycles. The molecule has 1 aromatic heterocycles. The van der Waals surface area contributed by atoms with Crippen LogP contribution in [0.1, 0.15) is 18.3 Å². The van der Waals surface area contributed by atoms with Crippen molar-refractivity contribution in [1.82, 2.24) is 9.55 Å². The molecule has 0 atom stereocenters. The summed E-state index contributed by atoms with van der Waals surface area (Å²) >= 11 is 0. The molecule has 3 rings (SSSR count). The Morgan fingerprint density at radius 3 is 2.36 bits per heavy atom. The molecule has 0 fully saturated rings. The summed E-state index contributed by atoms with van der Waals surface area (Å²) in [6, 6.07) is 10.6. The summed E-state index contributed by atoms with van der Waals surface area (Å²) in [5.41, 5.74) is -3.74. The van der Waals surface area contributed by atoms with Gasteiger partial charge in [-0.2, -0.15) is 13.2 Å². The van der Waals surface area contributed by atoms with E-state index < -0.39 is 20.2 Å². The van der Waals surface area contributed by atoms with E-state index in [-0.39, 0.29) is 5.52 Å². The van der Waals surface area contributed by atoms with E-state index in [2.05, 4.69) is 4.98 Å². The van der Waals surface area contributed by atoms with E-state index in [1.165, 1.54) is 6.07 Å². The summed E-state index contributed by atoms with van der Waals surface area (Å²) in [6.07, 6.45) is 3.53. The Kier molecular flexibility index (Phi) is 5.20. The van der Waals surface area contributed by atoms with Crippen LogP contribution in [0.25, 0.3) is 23.2 Å². The maximum atomic E-state index is 12.8. The average Bonchev–Trinajstić information content (AvgIpc) is 3.02. The van der Waals surface area contributed by atoms with E-state index >= 15 is 0 Å². The highest BCUT2D eigenvalue weighted by molar-refractivity contribution is 7.92. The highest BCUT2D eigenvalue weighted by Crippen LogP contribution is 2.32. The van der Waals surface area contributed by atoms with Crippen molar-refractivity contribution in [3.8, 4) is 5.75 Å². The van der Waals surface area contributed by atoms with Crippen molar-refractivity contribution in [3.05, 3.63) is 53.9 Å². The zero-order valence-corrected chi connectivity index (χ0v) is 15.9. The number of alkyl halides is 3. The molecule has 0 N–H and O–H groups in total. The van der Waals surface area contributed by atoms with Crippen molar-refractivity contribution in [3.63, 3.8) is 0 Å². The van der Waals surface area contributed by atoms with Gasteiger partial charge in [-0.05, 0) is 48.9 Å². The molecule has 0 radical (unpaired) electrons. The number of nitrogens with zero attached hydrogens (tertiary/aromatic N) is 2. The largest absolute Gasteiger partial charge is 0.501 e. The second kappa shape index (κ2) is 7.31. The number of rotatable bonds is 5. The van der Waals surface area contributed by atoms with Gasteiger partial charge in [0.25, 0.3) is 9.84 Å². The van der Waals surface area contributed by atoms with E-state index in [9.17, 15) is 21.6 Å². The Bertz CT molecular complexity index is 1130. The number of methoxy groups -OCH3 is 1. The fraction of sp³-hybridized carbons (Fsp3) is 0.211. The zero-order chi connectivity index (χ0) is 20.5. The van der Waals surface area contributed by atoms with Crippen LogP contribution in [-0.2, 0) is 16.4 Å². The van der Waals surface area contributed by atoms with Crippen LogP contribution in [0.4, 0.5) is 13.2 Å². The number of hydrogen-bond donors (Lipinski definition) is 0. The SMILES string of the molecule is CCn1c(/C=C/c2ccc(OC)cc2)nc2cc(S(=O)(=O)C(F)(F)F)ccc21. The third-order valence-electron chi connectivity index (χ3n) is 4.22. The van der Waals surface area contributed by atoms with Crippen molar-refractivity contribution < 1.29 is 26.3 Å².